The molecule has 31 heavy (non-hydrogen) atoms. The molecule has 0 spiro atoms. The van der Waals surface area contributed by atoms with Crippen LogP contribution in [0.1, 0.15) is 46.8 Å². The lowest BCUT2D eigenvalue weighted by Gasteiger charge is -2.36. The largest absolute Gasteiger partial charge is 0.340 e. The number of hydrogen-bond donors (Lipinski definition) is 2. The molecule has 0 unspecified atom stereocenters. The average molecular weight is 442 g/mol. The van der Waals surface area contributed by atoms with Crippen molar-refractivity contribution in [1.29, 1.82) is 0 Å². The molecule has 1 amide bonds. The molecule has 160 valence electrons. The van der Waals surface area contributed by atoms with E-state index in [1.54, 1.807) is 10.7 Å². The molecule has 2 saturated carbocycles. The first-order valence-corrected chi connectivity index (χ1v) is 11.1. The van der Waals surface area contributed by atoms with Gasteiger partial charge < -0.3 is 11.1 Å². The maximum atomic E-state index is 14.3. The molecule has 2 aliphatic rings. The van der Waals surface area contributed by atoms with Crippen molar-refractivity contribution in [1.82, 2.24) is 19.9 Å². The second-order valence-corrected chi connectivity index (χ2v) is 9.10. The third kappa shape index (κ3) is 3.93. The van der Waals surface area contributed by atoms with E-state index < -0.39 is 23.9 Å². The van der Waals surface area contributed by atoms with Crippen molar-refractivity contribution >= 4 is 22.8 Å². The molecule has 0 radical (unpaired) electrons. The summed E-state index contributed by atoms with van der Waals surface area (Å²) in [6.07, 6.45) is 6.15. The number of amides is 1. The van der Waals surface area contributed by atoms with Gasteiger partial charge in [-0.15, -0.1) is 0 Å². The zero-order chi connectivity index (χ0) is 21.6. The number of hydrogen-bond acceptors (Lipinski definition) is 5. The summed E-state index contributed by atoms with van der Waals surface area (Å²) in [5, 5.41) is 6.87. The topological polar surface area (TPSA) is 85.3 Å². The molecule has 0 saturated heterocycles. The summed E-state index contributed by atoms with van der Waals surface area (Å²) in [4.78, 5) is 18.0. The Morgan fingerprint density at radius 1 is 1.32 bits per heavy atom. The molecule has 2 atom stereocenters. The van der Waals surface area contributed by atoms with Gasteiger partial charge in [-0.2, -0.15) is 5.10 Å². The number of fused-ring (bicyclic) bond motifs is 1. The van der Waals surface area contributed by atoms with Crippen LogP contribution in [-0.4, -0.2) is 38.5 Å². The van der Waals surface area contributed by atoms with Crippen molar-refractivity contribution < 1.29 is 13.6 Å². The lowest BCUT2D eigenvalue weighted by atomic mass is 9.87. The van der Waals surface area contributed by atoms with E-state index in [2.05, 4.69) is 27.2 Å². The molecule has 3 aromatic heterocycles. The van der Waals surface area contributed by atoms with E-state index in [4.69, 9.17) is 5.73 Å². The van der Waals surface area contributed by atoms with Crippen LogP contribution in [0.4, 0.5) is 8.78 Å². The monoisotopic (exact) mass is 441 g/mol. The van der Waals surface area contributed by atoms with E-state index in [0.29, 0.717) is 29.3 Å². The third-order valence-corrected chi connectivity index (χ3v) is 6.66. The maximum absolute atomic E-state index is 14.3. The Kier molecular flexibility index (Phi) is 4.99. The van der Waals surface area contributed by atoms with Gasteiger partial charge in [0.15, 0.2) is 5.01 Å². The number of halogens is 2. The molecule has 3 heterocycles. The molecule has 3 N–H and O–H groups in total. The van der Waals surface area contributed by atoms with Gasteiger partial charge in [0, 0.05) is 30.1 Å². The van der Waals surface area contributed by atoms with Crippen LogP contribution in [0, 0.1) is 17.8 Å². The van der Waals surface area contributed by atoms with Crippen LogP contribution >= 0.6 is 11.3 Å². The van der Waals surface area contributed by atoms with Gasteiger partial charge in [0.2, 0.25) is 0 Å². The van der Waals surface area contributed by atoms with E-state index in [1.165, 1.54) is 0 Å². The van der Waals surface area contributed by atoms with E-state index in [1.807, 2.05) is 24.4 Å². The Morgan fingerprint density at radius 2 is 2.16 bits per heavy atom. The van der Waals surface area contributed by atoms with Crippen LogP contribution in [0.2, 0.25) is 0 Å². The summed E-state index contributed by atoms with van der Waals surface area (Å²) < 4.78 is 30.4. The number of aromatic nitrogens is 3. The van der Waals surface area contributed by atoms with Gasteiger partial charge in [0.05, 0.1) is 11.7 Å². The van der Waals surface area contributed by atoms with E-state index in [0.717, 1.165) is 35.3 Å². The Bertz CT molecular complexity index is 1200. The quantitative estimate of drug-likeness (QED) is 0.610. The van der Waals surface area contributed by atoms with Crippen molar-refractivity contribution in [3.63, 3.8) is 0 Å². The smallest absolute Gasteiger partial charge is 0.280 e. The fraction of sp³-hybridized carbons (Fsp3) is 0.409. The van der Waals surface area contributed by atoms with Gasteiger partial charge in [-0.25, -0.2) is 18.3 Å². The van der Waals surface area contributed by atoms with Crippen molar-refractivity contribution in [3.05, 3.63) is 40.5 Å². The molecule has 6 nitrogen and oxygen atoms in total. The first-order valence-electron chi connectivity index (χ1n) is 10.3. The van der Waals surface area contributed by atoms with Gasteiger partial charge in [-0.1, -0.05) is 29.2 Å². The fourth-order valence-electron chi connectivity index (χ4n) is 3.82. The number of pyridine rings is 1. The number of rotatable bonds is 3. The average Bonchev–Trinajstić information content (AvgIpc) is 3.32. The van der Waals surface area contributed by atoms with E-state index in [9.17, 15) is 13.6 Å². The molecule has 0 aliphatic heterocycles. The van der Waals surface area contributed by atoms with Gasteiger partial charge in [0.25, 0.3) is 11.8 Å². The van der Waals surface area contributed by atoms with Crippen molar-refractivity contribution in [2.24, 2.45) is 11.7 Å². The van der Waals surface area contributed by atoms with Gasteiger partial charge >= 0.3 is 0 Å². The second kappa shape index (κ2) is 7.70. The molecule has 2 fully saturated rings. The maximum Gasteiger partial charge on any atom is 0.280 e. The zero-order valence-corrected chi connectivity index (χ0v) is 17.5. The number of nitrogens with zero attached hydrogens (tertiary/aromatic N) is 3. The molecule has 5 rings (SSSR count). The van der Waals surface area contributed by atoms with Crippen LogP contribution in [0.15, 0.2) is 30.6 Å². The minimum absolute atomic E-state index is 0.0963. The van der Waals surface area contributed by atoms with Crippen LogP contribution in [0.3, 0.4) is 0 Å². The number of alkyl halides is 2. The summed E-state index contributed by atoms with van der Waals surface area (Å²) in [6.45, 7) is 0. The predicted molar refractivity (Wildman–Crippen MR) is 114 cm³/mol. The molecular weight excluding hydrogens is 420 g/mol. The lowest BCUT2D eigenvalue weighted by Crippen LogP contribution is -2.59. The molecule has 2 aliphatic carbocycles. The third-order valence-electron chi connectivity index (χ3n) is 5.69. The minimum Gasteiger partial charge on any atom is -0.340 e. The Labute approximate surface area is 181 Å². The summed E-state index contributed by atoms with van der Waals surface area (Å²) in [5.41, 5.74) is 8.02. The summed E-state index contributed by atoms with van der Waals surface area (Å²) in [6, 6.07) is 3.47. The first kappa shape index (κ1) is 20.1. The van der Waals surface area contributed by atoms with Crippen molar-refractivity contribution in [2.75, 3.05) is 0 Å². The molecule has 0 bridgehead atoms. The number of carbonyl (C=O) groups is 1. The zero-order valence-electron chi connectivity index (χ0n) is 16.6. The molecular formula is C22H21F2N5OS. The SMILES string of the molecule is N[C@@H]1CCCC(F)(F)[C@@H]1NC(=O)c1nc(-c2cnn3ccccc23)c(C#CC2CC2)s1. The lowest BCUT2D eigenvalue weighted by molar-refractivity contribution is -0.0674. The summed E-state index contributed by atoms with van der Waals surface area (Å²) in [5.74, 6) is 3.03. The Hall–Kier alpha value is -2.83. The van der Waals surface area contributed by atoms with E-state index in [-0.39, 0.29) is 11.4 Å². The number of thiazole rings is 1. The van der Waals surface area contributed by atoms with Crippen LogP contribution in [0.5, 0.6) is 0 Å². The highest BCUT2D eigenvalue weighted by Crippen LogP contribution is 2.35. The molecule has 0 aromatic carbocycles. The minimum atomic E-state index is -3.04. The molecule has 3 aromatic rings. The fourth-order valence-corrected chi connectivity index (χ4v) is 4.67. The summed E-state index contributed by atoms with van der Waals surface area (Å²) in [7, 11) is 0. The highest BCUT2D eigenvalue weighted by atomic mass is 32.1. The Morgan fingerprint density at radius 3 is 2.94 bits per heavy atom. The van der Waals surface area contributed by atoms with Crippen LogP contribution in [-0.2, 0) is 0 Å². The normalized spacial score (nSPS) is 22.7. The highest BCUT2D eigenvalue weighted by molar-refractivity contribution is 7.14. The van der Waals surface area contributed by atoms with Gasteiger partial charge in [-0.05, 0) is 37.8 Å². The van der Waals surface area contributed by atoms with E-state index >= 15 is 0 Å². The summed E-state index contributed by atoms with van der Waals surface area (Å²) >= 11 is 1.11. The standard InChI is InChI=1S/C22H21F2N5OS/c23-22(24)10-3-4-15(25)19(22)28-20(30)21-27-18(17(31-21)9-8-13-6-7-13)14-12-26-29-11-2-1-5-16(14)29/h1-2,5,11-13,15,19H,3-4,6-7,10,25H2,(H,28,30)/t15-,19-/m1/s1. The molecule has 9 heteroatoms. The van der Waals surface area contributed by atoms with Crippen LogP contribution in [0.25, 0.3) is 16.8 Å². The number of nitrogens with two attached hydrogens (primary N) is 1. The Balaban J connectivity index is 1.50. The van der Waals surface area contributed by atoms with Crippen LogP contribution < -0.4 is 11.1 Å². The number of carbonyl (C=O) groups excluding carboxylic acids is 1. The van der Waals surface area contributed by atoms with Crippen molar-refractivity contribution in [3.8, 4) is 23.1 Å². The number of nitrogens with one attached hydrogen (secondary N) is 1. The second-order valence-electron chi connectivity index (χ2n) is 8.10. The highest BCUT2D eigenvalue weighted by Gasteiger charge is 2.46. The van der Waals surface area contributed by atoms with Gasteiger partial charge in [0.1, 0.15) is 16.6 Å². The van der Waals surface area contributed by atoms with Crippen molar-refractivity contribution in [2.45, 2.75) is 50.1 Å². The van der Waals surface area contributed by atoms with Gasteiger partial charge in [-0.3, -0.25) is 4.79 Å². The predicted octanol–water partition coefficient (Wildman–Crippen LogP) is 3.46. The first-order chi connectivity index (χ1) is 14.9.